The fourth-order valence-electron chi connectivity index (χ4n) is 2.94. The van der Waals surface area contributed by atoms with Gasteiger partial charge in [0.1, 0.15) is 0 Å². The summed E-state index contributed by atoms with van der Waals surface area (Å²) in [7, 11) is 0. The van der Waals surface area contributed by atoms with E-state index < -0.39 is 5.79 Å². The van der Waals surface area contributed by atoms with Crippen molar-refractivity contribution < 1.29 is 9.47 Å². The SMILES string of the molecule is CC1=CC(c2cc(C)cc(C)c2)=CC(C)C1(OC#N)OC#N. The molecule has 0 saturated heterocycles. The lowest BCUT2D eigenvalue weighted by molar-refractivity contribution is -0.151. The van der Waals surface area contributed by atoms with E-state index in [1.54, 1.807) is 19.4 Å². The molecule has 1 aliphatic carbocycles. The summed E-state index contributed by atoms with van der Waals surface area (Å²) in [5.41, 5.74) is 5.21. The Hall–Kier alpha value is -2.72. The van der Waals surface area contributed by atoms with Crippen LogP contribution in [0.25, 0.3) is 5.57 Å². The minimum Gasteiger partial charge on any atom is -0.376 e. The Kier molecular flexibility index (Phi) is 4.24. The second-order valence-electron chi connectivity index (χ2n) is 5.67. The molecule has 0 bridgehead atoms. The highest BCUT2D eigenvalue weighted by Gasteiger charge is 2.45. The van der Waals surface area contributed by atoms with E-state index in [1.165, 1.54) is 11.1 Å². The van der Waals surface area contributed by atoms with E-state index in [0.717, 1.165) is 11.1 Å². The van der Waals surface area contributed by atoms with Crippen LogP contribution in [-0.4, -0.2) is 5.79 Å². The molecule has 4 heteroatoms. The van der Waals surface area contributed by atoms with Crippen molar-refractivity contribution in [3.8, 4) is 12.5 Å². The first-order valence-electron chi connectivity index (χ1n) is 7.06. The van der Waals surface area contributed by atoms with Crippen LogP contribution in [0.1, 0.15) is 30.5 Å². The topological polar surface area (TPSA) is 66.0 Å². The minimum absolute atomic E-state index is 0.271. The lowest BCUT2D eigenvalue weighted by Gasteiger charge is -2.35. The zero-order valence-electron chi connectivity index (χ0n) is 13.2. The summed E-state index contributed by atoms with van der Waals surface area (Å²) in [6, 6.07) is 6.34. The van der Waals surface area contributed by atoms with Crippen molar-refractivity contribution in [1.29, 1.82) is 10.5 Å². The van der Waals surface area contributed by atoms with Crippen molar-refractivity contribution in [1.82, 2.24) is 0 Å². The van der Waals surface area contributed by atoms with Crippen LogP contribution in [0.2, 0.25) is 0 Å². The predicted octanol–water partition coefficient (Wildman–Crippen LogP) is 3.97. The van der Waals surface area contributed by atoms with Gasteiger partial charge in [0, 0.05) is 5.57 Å². The molecule has 0 aromatic heterocycles. The predicted molar refractivity (Wildman–Crippen MR) is 82.9 cm³/mol. The lowest BCUT2D eigenvalue weighted by Crippen LogP contribution is -2.42. The average molecular weight is 294 g/mol. The van der Waals surface area contributed by atoms with Gasteiger partial charge in [0.25, 0.3) is 12.5 Å². The molecule has 0 fully saturated rings. The summed E-state index contributed by atoms with van der Waals surface area (Å²) in [6.45, 7) is 7.79. The molecule has 0 heterocycles. The third-order valence-electron chi connectivity index (χ3n) is 3.90. The standard InChI is InChI=1S/C18H18N2O2/c1-12-5-13(2)7-16(6-12)17-8-14(3)18(21-10-19,22-11-20)15(4)9-17/h5-9,14H,1-4H3. The maximum absolute atomic E-state index is 8.89. The number of allylic oxidation sites excluding steroid dienone is 2. The van der Waals surface area contributed by atoms with Crippen molar-refractivity contribution in [2.75, 3.05) is 0 Å². The first-order chi connectivity index (χ1) is 10.4. The van der Waals surface area contributed by atoms with Gasteiger partial charge in [-0.3, -0.25) is 0 Å². The molecule has 22 heavy (non-hydrogen) atoms. The Labute approximate surface area is 130 Å². The zero-order chi connectivity index (χ0) is 16.3. The molecule has 0 N–H and O–H groups in total. The Morgan fingerprint density at radius 1 is 1.00 bits per heavy atom. The Bertz CT molecular complexity index is 696. The molecule has 0 spiro atoms. The van der Waals surface area contributed by atoms with Gasteiger partial charge in [0.2, 0.25) is 0 Å². The third kappa shape index (κ3) is 2.69. The van der Waals surface area contributed by atoms with Gasteiger partial charge in [-0.25, -0.2) is 0 Å². The largest absolute Gasteiger partial charge is 0.376 e. The lowest BCUT2D eigenvalue weighted by atomic mass is 9.83. The highest BCUT2D eigenvalue weighted by molar-refractivity contribution is 5.77. The molecule has 0 amide bonds. The van der Waals surface area contributed by atoms with Crippen molar-refractivity contribution in [2.24, 2.45) is 5.92 Å². The van der Waals surface area contributed by atoms with Gasteiger partial charge in [-0.05, 0) is 38.0 Å². The van der Waals surface area contributed by atoms with Crippen molar-refractivity contribution in [3.63, 3.8) is 0 Å². The molecule has 1 atom stereocenters. The summed E-state index contributed by atoms with van der Waals surface area (Å²) in [5.74, 6) is -1.61. The number of hydrogen-bond acceptors (Lipinski definition) is 4. The molecule has 0 radical (unpaired) electrons. The number of benzene rings is 1. The van der Waals surface area contributed by atoms with Crippen LogP contribution < -0.4 is 0 Å². The highest BCUT2D eigenvalue weighted by atomic mass is 16.7. The summed E-state index contributed by atoms with van der Waals surface area (Å²) < 4.78 is 10.2. The normalized spacial score (nSPS) is 19.3. The minimum atomic E-state index is -1.34. The number of ether oxygens (including phenoxy) is 2. The van der Waals surface area contributed by atoms with Crippen LogP contribution in [0.3, 0.4) is 0 Å². The number of hydrogen-bond donors (Lipinski definition) is 0. The molecular formula is C18H18N2O2. The van der Waals surface area contributed by atoms with Crippen LogP contribution >= 0.6 is 0 Å². The Morgan fingerprint density at radius 3 is 2.00 bits per heavy atom. The van der Waals surface area contributed by atoms with Gasteiger partial charge in [0.05, 0.1) is 5.92 Å². The fraction of sp³-hybridized carbons (Fsp3) is 0.333. The van der Waals surface area contributed by atoms with Crippen molar-refractivity contribution in [2.45, 2.75) is 33.5 Å². The molecule has 1 aromatic carbocycles. The molecule has 0 saturated carbocycles. The van der Waals surface area contributed by atoms with Crippen LogP contribution in [-0.2, 0) is 9.47 Å². The van der Waals surface area contributed by atoms with E-state index in [2.05, 4.69) is 32.0 Å². The van der Waals surface area contributed by atoms with E-state index in [0.29, 0.717) is 5.57 Å². The molecule has 1 unspecified atom stereocenters. The van der Waals surface area contributed by atoms with Crippen LogP contribution in [0.4, 0.5) is 0 Å². The molecule has 0 aliphatic heterocycles. The summed E-state index contributed by atoms with van der Waals surface area (Å²) in [4.78, 5) is 0. The number of aryl methyl sites for hydroxylation is 2. The van der Waals surface area contributed by atoms with Crippen LogP contribution in [0, 0.1) is 42.8 Å². The van der Waals surface area contributed by atoms with Gasteiger partial charge < -0.3 is 9.47 Å². The molecule has 4 nitrogen and oxygen atoms in total. The quantitative estimate of drug-likeness (QED) is 0.625. The van der Waals surface area contributed by atoms with Gasteiger partial charge in [0.15, 0.2) is 0 Å². The monoisotopic (exact) mass is 294 g/mol. The first kappa shape index (κ1) is 15.7. The molecule has 2 rings (SSSR count). The van der Waals surface area contributed by atoms with Gasteiger partial charge in [-0.15, -0.1) is 0 Å². The molecular weight excluding hydrogens is 276 g/mol. The van der Waals surface area contributed by atoms with Gasteiger partial charge >= 0.3 is 5.79 Å². The van der Waals surface area contributed by atoms with E-state index in [-0.39, 0.29) is 5.92 Å². The first-order valence-corrected chi connectivity index (χ1v) is 7.06. The fourth-order valence-corrected chi connectivity index (χ4v) is 2.94. The summed E-state index contributed by atoms with van der Waals surface area (Å²) in [6.07, 6.45) is 7.17. The maximum Gasteiger partial charge on any atom is 0.303 e. The Balaban J connectivity index is 2.48. The Morgan fingerprint density at radius 2 is 1.55 bits per heavy atom. The molecule has 1 aliphatic rings. The van der Waals surface area contributed by atoms with Gasteiger partial charge in [-0.1, -0.05) is 42.3 Å². The summed E-state index contributed by atoms with van der Waals surface area (Å²) >= 11 is 0. The van der Waals surface area contributed by atoms with Gasteiger partial charge in [-0.2, -0.15) is 10.5 Å². The van der Waals surface area contributed by atoms with Crippen LogP contribution in [0.5, 0.6) is 0 Å². The van der Waals surface area contributed by atoms with E-state index >= 15 is 0 Å². The van der Waals surface area contributed by atoms with E-state index in [4.69, 9.17) is 20.0 Å². The third-order valence-corrected chi connectivity index (χ3v) is 3.90. The number of nitriles is 2. The highest BCUT2D eigenvalue weighted by Crippen LogP contribution is 2.39. The van der Waals surface area contributed by atoms with E-state index in [9.17, 15) is 0 Å². The average Bonchev–Trinajstić information content (AvgIpc) is 2.43. The van der Waals surface area contributed by atoms with Crippen molar-refractivity contribution in [3.05, 3.63) is 52.6 Å². The van der Waals surface area contributed by atoms with E-state index in [1.807, 2.05) is 19.1 Å². The number of rotatable bonds is 3. The second-order valence-corrected chi connectivity index (χ2v) is 5.67. The summed E-state index contributed by atoms with van der Waals surface area (Å²) in [5, 5.41) is 17.8. The second kappa shape index (κ2) is 5.95. The molecule has 112 valence electrons. The number of nitrogens with zero attached hydrogens (tertiary/aromatic N) is 2. The van der Waals surface area contributed by atoms with Crippen LogP contribution in [0.15, 0.2) is 35.9 Å². The zero-order valence-corrected chi connectivity index (χ0v) is 13.2. The molecule has 1 aromatic rings. The maximum atomic E-state index is 8.89. The smallest absolute Gasteiger partial charge is 0.303 e. The van der Waals surface area contributed by atoms with Crippen molar-refractivity contribution >= 4 is 5.57 Å².